The lowest BCUT2D eigenvalue weighted by Gasteiger charge is -2.09. The second-order valence-electron chi connectivity index (χ2n) is 4.20. The first-order chi connectivity index (χ1) is 8.08. The van der Waals surface area contributed by atoms with Crippen molar-refractivity contribution in [3.05, 3.63) is 32.0 Å². The van der Waals surface area contributed by atoms with Gasteiger partial charge in [0.25, 0.3) is 5.56 Å². The smallest absolute Gasteiger partial charge is 0.261 e. The molecule has 1 fully saturated rings. The molecule has 2 aromatic rings. The van der Waals surface area contributed by atoms with Gasteiger partial charge in [-0.3, -0.25) is 9.36 Å². The van der Waals surface area contributed by atoms with Gasteiger partial charge in [-0.25, -0.2) is 9.97 Å². The molecule has 1 aliphatic rings. The van der Waals surface area contributed by atoms with E-state index in [1.165, 1.54) is 0 Å². The Bertz CT molecular complexity index is 678. The molecular formula is C11H9BrClN3O. The number of halogens is 2. The van der Waals surface area contributed by atoms with Crippen molar-refractivity contribution in [1.29, 1.82) is 0 Å². The highest BCUT2D eigenvalue weighted by Crippen LogP contribution is 2.35. The fourth-order valence-corrected chi connectivity index (χ4v) is 2.79. The van der Waals surface area contributed by atoms with Gasteiger partial charge in [-0.15, -0.1) is 0 Å². The maximum absolute atomic E-state index is 12.4. The van der Waals surface area contributed by atoms with Gasteiger partial charge in [0.15, 0.2) is 0 Å². The summed E-state index contributed by atoms with van der Waals surface area (Å²) in [6.07, 6.45) is 2.10. The van der Waals surface area contributed by atoms with Gasteiger partial charge in [-0.05, 0) is 41.8 Å². The number of nitrogens with zero attached hydrogens (tertiary/aromatic N) is 3. The van der Waals surface area contributed by atoms with Crippen molar-refractivity contribution in [2.75, 3.05) is 0 Å². The number of pyridine rings is 1. The summed E-state index contributed by atoms with van der Waals surface area (Å²) in [6.45, 7) is 1.85. The fourth-order valence-electron chi connectivity index (χ4n) is 2.00. The van der Waals surface area contributed by atoms with E-state index in [1.807, 2.05) is 6.92 Å². The van der Waals surface area contributed by atoms with Crippen LogP contribution in [0.15, 0.2) is 15.5 Å². The van der Waals surface area contributed by atoms with Crippen molar-refractivity contribution in [2.45, 2.75) is 25.8 Å². The van der Waals surface area contributed by atoms with Crippen LogP contribution >= 0.6 is 27.5 Å². The van der Waals surface area contributed by atoms with E-state index < -0.39 is 0 Å². The predicted octanol–water partition coefficient (Wildman–Crippen LogP) is 2.85. The van der Waals surface area contributed by atoms with E-state index in [2.05, 4.69) is 25.9 Å². The molecule has 1 aliphatic carbocycles. The summed E-state index contributed by atoms with van der Waals surface area (Å²) in [6, 6.07) is 1.89. The molecule has 17 heavy (non-hydrogen) atoms. The van der Waals surface area contributed by atoms with Crippen LogP contribution in [-0.4, -0.2) is 14.5 Å². The number of hydrogen-bond acceptors (Lipinski definition) is 3. The Kier molecular flexibility index (Phi) is 2.48. The Morgan fingerprint density at radius 3 is 2.82 bits per heavy atom. The van der Waals surface area contributed by atoms with Crippen LogP contribution in [0.2, 0.25) is 5.15 Å². The first-order valence-corrected chi connectivity index (χ1v) is 6.50. The maximum atomic E-state index is 12.4. The highest BCUT2D eigenvalue weighted by Gasteiger charge is 2.27. The minimum Gasteiger partial charge on any atom is -0.293 e. The molecule has 0 saturated heterocycles. The molecule has 0 aliphatic heterocycles. The summed E-state index contributed by atoms with van der Waals surface area (Å²) in [5.41, 5.74) is 0.550. The Morgan fingerprint density at radius 2 is 2.18 bits per heavy atom. The summed E-state index contributed by atoms with van der Waals surface area (Å²) in [5.74, 6) is 0.731. The zero-order chi connectivity index (χ0) is 12.2. The average Bonchev–Trinajstić information content (AvgIpc) is 3.04. The molecule has 0 aromatic carbocycles. The van der Waals surface area contributed by atoms with E-state index in [1.54, 1.807) is 10.6 Å². The second-order valence-corrected chi connectivity index (χ2v) is 5.34. The van der Waals surface area contributed by atoms with Crippen LogP contribution < -0.4 is 5.56 Å². The normalized spacial score (nSPS) is 15.5. The molecule has 0 spiro atoms. The highest BCUT2D eigenvalue weighted by atomic mass is 79.9. The SMILES string of the molecule is Cc1nc2c(Br)nc(Cl)cc2c(=O)n1C1CC1. The predicted molar refractivity (Wildman–Crippen MR) is 69.5 cm³/mol. The lowest BCUT2D eigenvalue weighted by atomic mass is 10.3. The molecular weight excluding hydrogens is 305 g/mol. The lowest BCUT2D eigenvalue weighted by molar-refractivity contribution is 0.667. The first-order valence-electron chi connectivity index (χ1n) is 5.33. The number of rotatable bonds is 1. The molecule has 1 saturated carbocycles. The Morgan fingerprint density at radius 1 is 1.47 bits per heavy atom. The quantitative estimate of drug-likeness (QED) is 0.761. The van der Waals surface area contributed by atoms with E-state index >= 15 is 0 Å². The molecule has 0 amide bonds. The van der Waals surface area contributed by atoms with Crippen molar-refractivity contribution in [3.63, 3.8) is 0 Å². The van der Waals surface area contributed by atoms with Gasteiger partial charge < -0.3 is 0 Å². The molecule has 0 radical (unpaired) electrons. The van der Waals surface area contributed by atoms with Gasteiger partial charge in [0.05, 0.1) is 5.39 Å². The van der Waals surface area contributed by atoms with Crippen molar-refractivity contribution >= 4 is 38.4 Å². The summed E-state index contributed by atoms with van der Waals surface area (Å²) in [7, 11) is 0. The van der Waals surface area contributed by atoms with Gasteiger partial charge in [-0.2, -0.15) is 0 Å². The average molecular weight is 315 g/mol. The molecule has 0 bridgehead atoms. The third-order valence-corrected chi connectivity index (χ3v) is 3.65. The van der Waals surface area contributed by atoms with Gasteiger partial charge in [0.2, 0.25) is 0 Å². The summed E-state index contributed by atoms with van der Waals surface area (Å²) < 4.78 is 2.27. The van der Waals surface area contributed by atoms with Gasteiger partial charge in [0, 0.05) is 6.04 Å². The van der Waals surface area contributed by atoms with Gasteiger partial charge >= 0.3 is 0 Å². The Balaban J connectivity index is 2.44. The van der Waals surface area contributed by atoms with E-state index in [4.69, 9.17) is 11.6 Å². The van der Waals surface area contributed by atoms with Crippen molar-refractivity contribution < 1.29 is 0 Å². The first kappa shape index (κ1) is 11.2. The zero-order valence-electron chi connectivity index (χ0n) is 9.07. The van der Waals surface area contributed by atoms with Crippen molar-refractivity contribution in [2.24, 2.45) is 0 Å². The Labute approximate surface area is 111 Å². The van der Waals surface area contributed by atoms with Crippen LogP contribution in [0.4, 0.5) is 0 Å². The molecule has 88 valence electrons. The third-order valence-electron chi connectivity index (χ3n) is 2.90. The number of aromatic nitrogens is 3. The largest absolute Gasteiger partial charge is 0.293 e. The standard InChI is InChI=1S/C11H9BrClN3O/c1-5-14-9-7(4-8(13)15-10(9)12)11(17)16(5)6-2-3-6/h4,6H,2-3H2,1H3. The van der Waals surface area contributed by atoms with Gasteiger partial charge in [0.1, 0.15) is 21.1 Å². The molecule has 3 rings (SSSR count). The van der Waals surface area contributed by atoms with Crippen LogP contribution in [0.5, 0.6) is 0 Å². The van der Waals surface area contributed by atoms with Crippen LogP contribution in [-0.2, 0) is 0 Å². The van der Waals surface area contributed by atoms with Crippen molar-refractivity contribution in [3.8, 4) is 0 Å². The van der Waals surface area contributed by atoms with Crippen LogP contribution in [0.1, 0.15) is 24.7 Å². The highest BCUT2D eigenvalue weighted by molar-refractivity contribution is 9.10. The molecule has 2 aromatic heterocycles. The van der Waals surface area contributed by atoms with Crippen molar-refractivity contribution in [1.82, 2.24) is 14.5 Å². The summed E-state index contributed by atoms with van der Waals surface area (Å²) in [4.78, 5) is 20.8. The third kappa shape index (κ3) is 1.77. The van der Waals surface area contributed by atoms with Crippen LogP contribution in [0.3, 0.4) is 0 Å². The zero-order valence-corrected chi connectivity index (χ0v) is 11.4. The summed E-state index contributed by atoms with van der Waals surface area (Å²) >= 11 is 9.15. The monoisotopic (exact) mass is 313 g/mol. The minimum atomic E-state index is -0.0278. The lowest BCUT2D eigenvalue weighted by Crippen LogP contribution is -2.23. The second kappa shape index (κ2) is 3.78. The molecule has 0 N–H and O–H groups in total. The van der Waals surface area contributed by atoms with E-state index in [0.717, 1.165) is 18.7 Å². The topological polar surface area (TPSA) is 47.8 Å². The maximum Gasteiger partial charge on any atom is 0.261 e. The molecule has 4 nitrogen and oxygen atoms in total. The summed E-state index contributed by atoms with van der Waals surface area (Å²) in [5, 5.41) is 0.823. The van der Waals surface area contributed by atoms with E-state index in [0.29, 0.717) is 26.7 Å². The fraction of sp³-hybridized carbons (Fsp3) is 0.364. The van der Waals surface area contributed by atoms with E-state index in [-0.39, 0.29) is 5.56 Å². The number of hydrogen-bond donors (Lipinski definition) is 0. The number of aryl methyl sites for hydroxylation is 1. The molecule has 0 unspecified atom stereocenters. The minimum absolute atomic E-state index is 0.0278. The molecule has 6 heteroatoms. The van der Waals surface area contributed by atoms with Gasteiger partial charge in [-0.1, -0.05) is 11.6 Å². The molecule has 2 heterocycles. The van der Waals surface area contributed by atoms with Crippen LogP contribution in [0.25, 0.3) is 10.9 Å². The molecule has 0 atom stereocenters. The van der Waals surface area contributed by atoms with E-state index in [9.17, 15) is 4.79 Å². The number of fused-ring (bicyclic) bond motifs is 1. The Hall–Kier alpha value is -0.940. The van der Waals surface area contributed by atoms with Crippen LogP contribution in [0, 0.1) is 6.92 Å².